The Hall–Kier alpha value is 0.430. The number of hydrogen-bond acceptors (Lipinski definition) is 1. The van der Waals surface area contributed by atoms with Crippen LogP contribution in [0.15, 0.2) is 24.3 Å². The zero-order valence-electron chi connectivity index (χ0n) is 11.3. The highest BCUT2D eigenvalue weighted by atomic mass is 79.9. The Balaban J connectivity index is 2.65. The Bertz CT molecular complexity index is 350. The second-order valence-electron chi connectivity index (χ2n) is 4.77. The summed E-state index contributed by atoms with van der Waals surface area (Å²) >= 11 is 13.3. The maximum atomic E-state index is 5.96. The van der Waals surface area contributed by atoms with E-state index in [1.165, 1.54) is 12.0 Å². The van der Waals surface area contributed by atoms with Crippen LogP contribution < -0.4 is 0 Å². The molecule has 0 saturated heterocycles. The summed E-state index contributed by atoms with van der Waals surface area (Å²) in [7, 11) is 0. The van der Waals surface area contributed by atoms with Gasteiger partial charge in [0, 0.05) is 34.3 Å². The van der Waals surface area contributed by atoms with Crippen LogP contribution in [0.3, 0.4) is 0 Å². The molecule has 0 atom stereocenters. The molecule has 4 heteroatoms. The van der Waals surface area contributed by atoms with Crippen molar-refractivity contribution < 1.29 is 4.74 Å². The van der Waals surface area contributed by atoms with Crippen molar-refractivity contribution in [2.75, 3.05) is 23.9 Å². The van der Waals surface area contributed by atoms with Crippen molar-refractivity contribution in [3.8, 4) is 0 Å². The summed E-state index contributed by atoms with van der Waals surface area (Å²) in [6.45, 7) is 3.83. The number of hydrogen-bond donors (Lipinski definition) is 0. The van der Waals surface area contributed by atoms with Gasteiger partial charge in [0.2, 0.25) is 0 Å². The number of rotatable bonds is 9. The minimum Gasteiger partial charge on any atom is -0.381 e. The summed E-state index contributed by atoms with van der Waals surface area (Å²) in [4.78, 5) is 0. The van der Waals surface area contributed by atoms with Crippen molar-refractivity contribution >= 4 is 43.5 Å². The Kier molecular flexibility index (Phi) is 8.63. The first kappa shape index (κ1) is 17.5. The van der Waals surface area contributed by atoms with Gasteiger partial charge in [-0.1, -0.05) is 68.9 Å². The molecule has 0 amide bonds. The summed E-state index contributed by atoms with van der Waals surface area (Å²) in [5, 5.41) is 2.59. The fourth-order valence-electron chi connectivity index (χ4n) is 1.89. The fraction of sp³-hybridized carbons (Fsp3) is 0.600. The zero-order chi connectivity index (χ0) is 14.1. The highest BCUT2D eigenvalue weighted by molar-refractivity contribution is 9.09. The molecule has 0 aliphatic carbocycles. The third-order valence-corrected chi connectivity index (χ3v) is 5.73. The van der Waals surface area contributed by atoms with Crippen molar-refractivity contribution in [2.24, 2.45) is 0 Å². The zero-order valence-corrected chi connectivity index (χ0v) is 15.2. The predicted molar refractivity (Wildman–Crippen MR) is 91.1 cm³/mol. The molecule has 0 fully saturated rings. The standard InChI is InChI=1S/C15H21Br2ClO/c1-2-3-9-19-10-8-15(11-16,12-17)13-4-6-14(18)7-5-13/h4-7H,2-3,8-12H2,1H3. The van der Waals surface area contributed by atoms with Crippen LogP contribution in [-0.4, -0.2) is 23.9 Å². The molecule has 1 nitrogen and oxygen atoms in total. The van der Waals surface area contributed by atoms with E-state index in [9.17, 15) is 0 Å². The summed E-state index contributed by atoms with van der Waals surface area (Å²) in [5.41, 5.74) is 1.36. The summed E-state index contributed by atoms with van der Waals surface area (Å²) in [6, 6.07) is 8.12. The first-order chi connectivity index (χ1) is 9.18. The van der Waals surface area contributed by atoms with Crippen LogP contribution in [0.2, 0.25) is 5.02 Å². The quantitative estimate of drug-likeness (QED) is 0.380. The Morgan fingerprint density at radius 1 is 1.11 bits per heavy atom. The lowest BCUT2D eigenvalue weighted by atomic mass is 9.82. The molecule has 0 aliphatic heterocycles. The Labute approximate surface area is 138 Å². The number of halogens is 3. The normalized spacial score (nSPS) is 11.8. The molecule has 1 aromatic carbocycles. The highest BCUT2D eigenvalue weighted by Gasteiger charge is 2.29. The number of benzene rings is 1. The van der Waals surface area contributed by atoms with E-state index in [2.05, 4.69) is 50.9 Å². The molecule has 0 bridgehead atoms. The first-order valence-electron chi connectivity index (χ1n) is 6.64. The topological polar surface area (TPSA) is 9.23 Å². The Morgan fingerprint density at radius 2 is 1.74 bits per heavy atom. The van der Waals surface area contributed by atoms with E-state index < -0.39 is 0 Å². The summed E-state index contributed by atoms with van der Waals surface area (Å²) < 4.78 is 5.71. The van der Waals surface area contributed by atoms with E-state index in [-0.39, 0.29) is 5.41 Å². The molecular weight excluding hydrogens is 391 g/mol. The highest BCUT2D eigenvalue weighted by Crippen LogP contribution is 2.33. The molecule has 0 unspecified atom stereocenters. The SMILES string of the molecule is CCCCOCCC(CBr)(CBr)c1ccc(Cl)cc1. The van der Waals surface area contributed by atoms with Gasteiger partial charge in [-0.3, -0.25) is 0 Å². The van der Waals surface area contributed by atoms with E-state index in [1.54, 1.807) is 0 Å². The summed E-state index contributed by atoms with van der Waals surface area (Å²) in [5.74, 6) is 0. The average molecular weight is 413 g/mol. The van der Waals surface area contributed by atoms with E-state index in [1.807, 2.05) is 12.1 Å². The molecule has 1 rings (SSSR count). The van der Waals surface area contributed by atoms with Crippen LogP contribution in [-0.2, 0) is 10.2 Å². The van der Waals surface area contributed by atoms with Gasteiger partial charge in [-0.2, -0.15) is 0 Å². The maximum absolute atomic E-state index is 5.96. The smallest absolute Gasteiger partial charge is 0.0475 e. The Morgan fingerprint density at radius 3 is 2.26 bits per heavy atom. The molecule has 0 radical (unpaired) electrons. The molecule has 108 valence electrons. The third kappa shape index (κ3) is 5.37. The summed E-state index contributed by atoms with van der Waals surface area (Å²) in [6.07, 6.45) is 3.31. The fourth-order valence-corrected chi connectivity index (χ4v) is 4.15. The van der Waals surface area contributed by atoms with Crippen molar-refractivity contribution in [3.05, 3.63) is 34.9 Å². The second kappa shape index (κ2) is 9.38. The van der Waals surface area contributed by atoms with Gasteiger partial charge in [0.05, 0.1) is 0 Å². The van der Waals surface area contributed by atoms with Crippen LogP contribution in [0.4, 0.5) is 0 Å². The second-order valence-corrected chi connectivity index (χ2v) is 6.33. The van der Waals surface area contributed by atoms with Crippen molar-refractivity contribution in [3.63, 3.8) is 0 Å². The molecule has 0 N–H and O–H groups in total. The molecule has 0 spiro atoms. The molecule has 0 aliphatic rings. The van der Waals surface area contributed by atoms with Gasteiger partial charge in [-0.05, 0) is 30.5 Å². The van der Waals surface area contributed by atoms with Crippen LogP contribution in [0.5, 0.6) is 0 Å². The van der Waals surface area contributed by atoms with Gasteiger partial charge in [-0.25, -0.2) is 0 Å². The van der Waals surface area contributed by atoms with Crippen LogP contribution in [0, 0.1) is 0 Å². The van der Waals surface area contributed by atoms with Crippen LogP contribution >= 0.6 is 43.5 Å². The maximum Gasteiger partial charge on any atom is 0.0475 e. The van der Waals surface area contributed by atoms with E-state index in [4.69, 9.17) is 16.3 Å². The van der Waals surface area contributed by atoms with Gasteiger partial charge < -0.3 is 4.74 Å². The number of alkyl halides is 2. The monoisotopic (exact) mass is 410 g/mol. The lowest BCUT2D eigenvalue weighted by Gasteiger charge is -2.30. The van der Waals surface area contributed by atoms with Gasteiger partial charge in [-0.15, -0.1) is 0 Å². The number of unbranched alkanes of at least 4 members (excludes halogenated alkanes) is 1. The van der Waals surface area contributed by atoms with Crippen molar-refractivity contribution in [1.29, 1.82) is 0 Å². The van der Waals surface area contributed by atoms with Gasteiger partial charge >= 0.3 is 0 Å². The average Bonchev–Trinajstić information content (AvgIpc) is 2.45. The number of ether oxygens (including phenoxy) is 1. The molecule has 0 aromatic heterocycles. The predicted octanol–water partition coefficient (Wildman–Crippen LogP) is 5.57. The van der Waals surface area contributed by atoms with Crippen molar-refractivity contribution in [1.82, 2.24) is 0 Å². The minimum atomic E-state index is 0.0663. The van der Waals surface area contributed by atoms with E-state index in [0.717, 1.165) is 41.7 Å². The van der Waals surface area contributed by atoms with E-state index in [0.29, 0.717) is 0 Å². The van der Waals surface area contributed by atoms with Crippen LogP contribution in [0.1, 0.15) is 31.7 Å². The van der Waals surface area contributed by atoms with Crippen LogP contribution in [0.25, 0.3) is 0 Å². The molecule has 19 heavy (non-hydrogen) atoms. The minimum absolute atomic E-state index is 0.0663. The molecular formula is C15H21Br2ClO. The van der Waals surface area contributed by atoms with E-state index >= 15 is 0 Å². The lowest BCUT2D eigenvalue weighted by molar-refractivity contribution is 0.117. The lowest BCUT2D eigenvalue weighted by Crippen LogP contribution is -2.31. The molecule has 0 saturated carbocycles. The molecule has 1 aromatic rings. The van der Waals surface area contributed by atoms with Gasteiger partial charge in [0.25, 0.3) is 0 Å². The van der Waals surface area contributed by atoms with Gasteiger partial charge in [0.15, 0.2) is 0 Å². The largest absolute Gasteiger partial charge is 0.381 e. The molecule has 0 heterocycles. The first-order valence-corrected chi connectivity index (χ1v) is 9.26. The van der Waals surface area contributed by atoms with Gasteiger partial charge in [0.1, 0.15) is 0 Å². The van der Waals surface area contributed by atoms with Crippen molar-refractivity contribution in [2.45, 2.75) is 31.6 Å². The third-order valence-electron chi connectivity index (χ3n) is 3.34.